The molecule has 3 aromatic rings. The molecule has 0 heterocycles. The lowest BCUT2D eigenvalue weighted by atomic mass is 9.78. The number of hydrogen-bond donors (Lipinski definition) is 0. The molecule has 0 radical (unpaired) electrons. The Morgan fingerprint density at radius 1 is 0.906 bits per heavy atom. The van der Waals surface area contributed by atoms with Gasteiger partial charge in [0, 0.05) is 5.39 Å². The van der Waals surface area contributed by atoms with E-state index in [1.165, 1.54) is 11.6 Å². The summed E-state index contributed by atoms with van der Waals surface area (Å²) in [5.74, 6) is -2.19. The number of ether oxygens (including phenoxy) is 1. The molecule has 1 nitrogen and oxygen atoms in total. The van der Waals surface area contributed by atoms with Crippen molar-refractivity contribution in [2.75, 3.05) is 6.61 Å². The number of rotatable bonds is 5. The van der Waals surface area contributed by atoms with E-state index in [0.29, 0.717) is 11.8 Å². The highest BCUT2D eigenvalue weighted by molar-refractivity contribution is 5.89. The summed E-state index contributed by atoms with van der Waals surface area (Å²) in [7, 11) is 0. The summed E-state index contributed by atoms with van der Waals surface area (Å²) >= 11 is 0. The van der Waals surface area contributed by atoms with Crippen molar-refractivity contribution in [3.8, 4) is 16.9 Å². The molecule has 4 rings (SSSR count). The second-order valence-electron chi connectivity index (χ2n) is 8.31. The van der Waals surface area contributed by atoms with Gasteiger partial charge in [0.15, 0.2) is 24.0 Å². The van der Waals surface area contributed by atoms with Gasteiger partial charge in [-0.25, -0.2) is 8.78 Å². The van der Waals surface area contributed by atoms with Crippen molar-refractivity contribution in [1.29, 1.82) is 0 Å². The zero-order valence-corrected chi connectivity index (χ0v) is 17.4. The lowest BCUT2D eigenvalue weighted by Gasteiger charge is -2.27. The highest BCUT2D eigenvalue weighted by atomic mass is 19.4. The molecule has 0 aromatic heterocycles. The van der Waals surface area contributed by atoms with E-state index in [1.54, 1.807) is 12.1 Å². The lowest BCUT2D eigenvalue weighted by molar-refractivity contribution is -0.154. The van der Waals surface area contributed by atoms with Crippen LogP contribution in [-0.4, -0.2) is 12.8 Å². The molecule has 0 unspecified atom stereocenters. The minimum Gasteiger partial charge on any atom is -0.478 e. The molecule has 1 fully saturated rings. The summed E-state index contributed by atoms with van der Waals surface area (Å²) in [6.07, 6.45) is 1.90. The molecule has 0 aliphatic heterocycles. The highest BCUT2D eigenvalue weighted by Gasteiger charge is 2.30. The van der Waals surface area contributed by atoms with Crippen molar-refractivity contribution < 1.29 is 26.7 Å². The Morgan fingerprint density at radius 3 is 2.19 bits per heavy atom. The van der Waals surface area contributed by atoms with Crippen LogP contribution >= 0.6 is 0 Å². The van der Waals surface area contributed by atoms with Crippen LogP contribution in [0.3, 0.4) is 0 Å². The number of fused-ring (bicyclic) bond motifs is 1. The van der Waals surface area contributed by atoms with E-state index in [2.05, 4.69) is 23.4 Å². The topological polar surface area (TPSA) is 9.23 Å². The molecule has 1 aliphatic rings. The Morgan fingerprint density at radius 2 is 1.56 bits per heavy atom. The van der Waals surface area contributed by atoms with Gasteiger partial charge in [-0.3, -0.25) is 0 Å². The van der Waals surface area contributed by atoms with Crippen molar-refractivity contribution in [2.45, 2.75) is 37.8 Å². The van der Waals surface area contributed by atoms with Crippen molar-refractivity contribution in [2.24, 2.45) is 5.92 Å². The minimum atomic E-state index is -4.69. The van der Waals surface area contributed by atoms with Crippen LogP contribution in [0.15, 0.2) is 61.2 Å². The van der Waals surface area contributed by atoms with Crippen LogP contribution in [0.1, 0.15) is 37.2 Å². The fraction of sp³-hybridized carbons (Fsp3) is 0.308. The average molecular weight is 446 g/mol. The van der Waals surface area contributed by atoms with Gasteiger partial charge in [-0.2, -0.15) is 13.2 Å². The molecule has 32 heavy (non-hydrogen) atoms. The molecule has 168 valence electrons. The summed E-state index contributed by atoms with van der Waals surface area (Å²) in [4.78, 5) is 0. The third kappa shape index (κ3) is 4.79. The molecule has 0 amide bonds. The fourth-order valence-corrected chi connectivity index (χ4v) is 4.41. The number of alkyl halides is 3. The maximum Gasteiger partial charge on any atom is 0.422 e. The first-order valence-electron chi connectivity index (χ1n) is 10.6. The minimum absolute atomic E-state index is 0.00271. The molecule has 1 aliphatic carbocycles. The van der Waals surface area contributed by atoms with Gasteiger partial charge in [-0.1, -0.05) is 42.5 Å². The summed E-state index contributed by atoms with van der Waals surface area (Å²) < 4.78 is 70.3. The maximum absolute atomic E-state index is 14.6. The molecular formula is C26H23F5O. The van der Waals surface area contributed by atoms with Crippen LogP contribution in [0.5, 0.6) is 5.75 Å². The lowest BCUT2D eigenvalue weighted by Crippen LogP contribution is -2.20. The first-order valence-corrected chi connectivity index (χ1v) is 10.6. The van der Waals surface area contributed by atoms with E-state index >= 15 is 0 Å². The van der Waals surface area contributed by atoms with Crippen molar-refractivity contribution in [1.82, 2.24) is 0 Å². The van der Waals surface area contributed by atoms with E-state index in [1.807, 2.05) is 18.2 Å². The standard InChI is InChI=1S/C26H23F5O/c1-2-16-3-5-17(6-4-16)18-7-9-19(10-8-18)20-11-12-22-21(13-20)14-23(27)25(24(22)28)32-15-26(29,30)31/h2,7-14,16-17H,1,3-6,15H2. The normalized spacial score (nSPS) is 19.2. The quantitative estimate of drug-likeness (QED) is 0.284. The van der Waals surface area contributed by atoms with Crippen LogP contribution < -0.4 is 4.74 Å². The van der Waals surface area contributed by atoms with E-state index in [0.717, 1.165) is 42.9 Å². The molecule has 0 bridgehead atoms. The van der Waals surface area contributed by atoms with Gasteiger partial charge >= 0.3 is 6.18 Å². The summed E-state index contributed by atoms with van der Waals surface area (Å²) in [5, 5.41) is 0.256. The van der Waals surface area contributed by atoms with E-state index < -0.39 is 30.2 Å². The summed E-state index contributed by atoms with van der Waals surface area (Å²) in [6, 6.07) is 13.9. The van der Waals surface area contributed by atoms with Gasteiger partial charge in [-0.05, 0) is 71.7 Å². The Labute approximate surface area is 183 Å². The van der Waals surface area contributed by atoms with Crippen molar-refractivity contribution >= 4 is 10.8 Å². The second kappa shape index (κ2) is 8.93. The number of benzene rings is 3. The molecule has 3 aromatic carbocycles. The first-order chi connectivity index (χ1) is 15.2. The Bertz CT molecular complexity index is 1110. The second-order valence-corrected chi connectivity index (χ2v) is 8.31. The first kappa shape index (κ1) is 22.3. The van der Waals surface area contributed by atoms with Gasteiger partial charge in [0.25, 0.3) is 0 Å². The number of hydrogen-bond acceptors (Lipinski definition) is 1. The van der Waals surface area contributed by atoms with E-state index in [-0.39, 0.29) is 10.8 Å². The van der Waals surface area contributed by atoms with Crippen molar-refractivity contribution in [3.05, 3.63) is 78.4 Å². The zero-order chi connectivity index (χ0) is 22.9. The molecule has 0 spiro atoms. The van der Waals surface area contributed by atoms with Crippen LogP contribution in [-0.2, 0) is 0 Å². The molecule has 0 N–H and O–H groups in total. The Balaban J connectivity index is 1.57. The maximum atomic E-state index is 14.6. The van der Waals surface area contributed by atoms with E-state index in [9.17, 15) is 22.0 Å². The number of halogens is 5. The van der Waals surface area contributed by atoms with Crippen LogP contribution in [0, 0.1) is 17.6 Å². The smallest absolute Gasteiger partial charge is 0.422 e. The SMILES string of the molecule is C=CC1CCC(c2ccc(-c3ccc4c(F)c(OCC(F)(F)F)c(F)cc4c3)cc2)CC1. The van der Waals surface area contributed by atoms with Crippen LogP contribution in [0.25, 0.3) is 21.9 Å². The predicted molar refractivity (Wildman–Crippen MR) is 116 cm³/mol. The Hall–Kier alpha value is -2.89. The van der Waals surface area contributed by atoms with Crippen LogP contribution in [0.4, 0.5) is 22.0 Å². The molecule has 1 saturated carbocycles. The van der Waals surface area contributed by atoms with Crippen molar-refractivity contribution in [3.63, 3.8) is 0 Å². The molecule has 6 heteroatoms. The summed E-state index contributed by atoms with van der Waals surface area (Å²) in [5.41, 5.74) is 2.94. The molecule has 0 atom stereocenters. The zero-order valence-electron chi connectivity index (χ0n) is 17.4. The third-order valence-electron chi connectivity index (χ3n) is 6.19. The average Bonchev–Trinajstić information content (AvgIpc) is 2.78. The number of allylic oxidation sites excluding steroid dienone is 1. The monoisotopic (exact) mass is 446 g/mol. The molecular weight excluding hydrogens is 423 g/mol. The Kier molecular flexibility index (Phi) is 6.22. The fourth-order valence-electron chi connectivity index (χ4n) is 4.41. The van der Waals surface area contributed by atoms with Gasteiger partial charge in [-0.15, -0.1) is 6.58 Å². The third-order valence-corrected chi connectivity index (χ3v) is 6.19. The van der Waals surface area contributed by atoms with Gasteiger partial charge in [0.1, 0.15) is 0 Å². The summed E-state index contributed by atoms with van der Waals surface area (Å²) in [6.45, 7) is 2.13. The molecule has 0 saturated heterocycles. The highest BCUT2D eigenvalue weighted by Crippen LogP contribution is 2.37. The van der Waals surface area contributed by atoms with Gasteiger partial charge in [0.05, 0.1) is 0 Å². The van der Waals surface area contributed by atoms with Gasteiger partial charge in [0.2, 0.25) is 0 Å². The van der Waals surface area contributed by atoms with Crippen LogP contribution in [0.2, 0.25) is 0 Å². The van der Waals surface area contributed by atoms with Gasteiger partial charge < -0.3 is 4.74 Å². The largest absolute Gasteiger partial charge is 0.478 e. The predicted octanol–water partition coefficient (Wildman–Crippen LogP) is 8.19. The van der Waals surface area contributed by atoms with E-state index in [4.69, 9.17) is 0 Å².